The van der Waals surface area contributed by atoms with Crippen LogP contribution in [0.4, 0.5) is 0 Å². The third-order valence-corrected chi connectivity index (χ3v) is 4.58. The topological polar surface area (TPSA) is 107 Å². The van der Waals surface area contributed by atoms with Crippen LogP contribution in [0.25, 0.3) is 11.5 Å². The van der Waals surface area contributed by atoms with E-state index in [1.54, 1.807) is 24.7 Å². The van der Waals surface area contributed by atoms with Gasteiger partial charge in [0.05, 0.1) is 11.2 Å². The maximum Gasteiger partial charge on any atom is 0.238 e. The number of aryl methyl sites for hydroxylation is 3. The Kier molecular flexibility index (Phi) is 4.01. The van der Waals surface area contributed by atoms with Gasteiger partial charge in [-0.3, -0.25) is 0 Å². The van der Waals surface area contributed by atoms with E-state index in [4.69, 9.17) is 5.14 Å². The standard InChI is InChI=1S/C15H17N5O2S/c1-11-14(19-10-18-11)15-17-7-9-20(15)8-6-12-2-4-13(5-3-12)23(16,21)22/h2-5,7,9-10H,6,8H2,1H3,(H,18,19)(H2,16,21,22). The van der Waals surface area contributed by atoms with Gasteiger partial charge >= 0.3 is 0 Å². The zero-order chi connectivity index (χ0) is 16.4. The summed E-state index contributed by atoms with van der Waals surface area (Å²) in [7, 11) is -3.65. The number of rotatable bonds is 5. The van der Waals surface area contributed by atoms with Gasteiger partial charge in [0.25, 0.3) is 0 Å². The van der Waals surface area contributed by atoms with E-state index in [2.05, 4.69) is 15.0 Å². The van der Waals surface area contributed by atoms with Crippen molar-refractivity contribution < 1.29 is 8.42 Å². The van der Waals surface area contributed by atoms with Crippen molar-refractivity contribution in [1.82, 2.24) is 19.5 Å². The molecule has 8 heteroatoms. The first-order chi connectivity index (χ1) is 10.9. The first-order valence-electron chi connectivity index (χ1n) is 7.08. The van der Waals surface area contributed by atoms with Gasteiger partial charge in [-0.1, -0.05) is 12.1 Å². The molecule has 2 heterocycles. The normalized spacial score (nSPS) is 11.7. The van der Waals surface area contributed by atoms with Crippen molar-refractivity contribution in [3.8, 4) is 11.5 Å². The Bertz CT molecular complexity index is 910. The Hall–Kier alpha value is -2.45. The minimum Gasteiger partial charge on any atom is -0.348 e. The molecule has 2 aromatic heterocycles. The largest absolute Gasteiger partial charge is 0.348 e. The van der Waals surface area contributed by atoms with Gasteiger partial charge in [-0.15, -0.1) is 0 Å². The first-order valence-corrected chi connectivity index (χ1v) is 8.63. The second kappa shape index (κ2) is 5.98. The number of primary sulfonamides is 1. The fourth-order valence-electron chi connectivity index (χ4n) is 2.39. The van der Waals surface area contributed by atoms with Crippen molar-refractivity contribution in [3.05, 3.63) is 54.2 Å². The number of sulfonamides is 1. The molecular weight excluding hydrogens is 314 g/mol. The second-order valence-electron chi connectivity index (χ2n) is 5.26. The first kappa shape index (κ1) is 15.4. The fourth-order valence-corrected chi connectivity index (χ4v) is 2.90. The molecule has 0 aliphatic carbocycles. The van der Waals surface area contributed by atoms with E-state index in [0.29, 0.717) is 0 Å². The average Bonchev–Trinajstić information content (AvgIpc) is 3.12. The molecule has 3 rings (SSSR count). The lowest BCUT2D eigenvalue weighted by Crippen LogP contribution is -2.12. The molecule has 23 heavy (non-hydrogen) atoms. The summed E-state index contributed by atoms with van der Waals surface area (Å²) in [6.45, 7) is 2.67. The molecular formula is C15H17N5O2S. The van der Waals surface area contributed by atoms with Crippen LogP contribution < -0.4 is 5.14 Å². The van der Waals surface area contributed by atoms with Crippen molar-refractivity contribution in [3.63, 3.8) is 0 Å². The Morgan fingerprint density at radius 2 is 1.96 bits per heavy atom. The second-order valence-corrected chi connectivity index (χ2v) is 6.82. The van der Waals surface area contributed by atoms with Crippen LogP contribution in [0.15, 0.2) is 47.9 Å². The highest BCUT2D eigenvalue weighted by molar-refractivity contribution is 7.89. The zero-order valence-electron chi connectivity index (χ0n) is 12.6. The maximum absolute atomic E-state index is 11.3. The summed E-state index contributed by atoms with van der Waals surface area (Å²) < 4.78 is 24.5. The van der Waals surface area contributed by atoms with E-state index >= 15 is 0 Å². The van der Waals surface area contributed by atoms with Gasteiger partial charge in [0, 0.05) is 24.6 Å². The van der Waals surface area contributed by atoms with E-state index in [-0.39, 0.29) is 4.90 Å². The zero-order valence-corrected chi connectivity index (χ0v) is 13.4. The van der Waals surface area contributed by atoms with Crippen LogP contribution in [-0.4, -0.2) is 27.9 Å². The van der Waals surface area contributed by atoms with E-state index < -0.39 is 10.0 Å². The van der Waals surface area contributed by atoms with Gasteiger partial charge in [-0.05, 0) is 31.0 Å². The van der Waals surface area contributed by atoms with Crippen LogP contribution >= 0.6 is 0 Å². The number of benzene rings is 1. The highest BCUT2D eigenvalue weighted by Crippen LogP contribution is 2.18. The third-order valence-electron chi connectivity index (χ3n) is 3.65. The summed E-state index contributed by atoms with van der Waals surface area (Å²) in [6.07, 6.45) is 6.04. The Balaban J connectivity index is 1.75. The molecule has 120 valence electrons. The van der Waals surface area contributed by atoms with Crippen molar-refractivity contribution in [2.24, 2.45) is 5.14 Å². The van der Waals surface area contributed by atoms with Crippen molar-refractivity contribution >= 4 is 10.0 Å². The number of aromatic nitrogens is 4. The molecule has 0 fully saturated rings. The van der Waals surface area contributed by atoms with Crippen molar-refractivity contribution in [2.75, 3.05) is 0 Å². The molecule has 0 amide bonds. The molecule has 0 saturated carbocycles. The summed E-state index contributed by atoms with van der Waals surface area (Å²) >= 11 is 0. The lowest BCUT2D eigenvalue weighted by Gasteiger charge is -2.07. The predicted molar refractivity (Wildman–Crippen MR) is 86.1 cm³/mol. The number of nitrogens with zero attached hydrogens (tertiary/aromatic N) is 3. The minimum atomic E-state index is -3.65. The SMILES string of the molecule is Cc1[nH]cnc1-c1nccn1CCc1ccc(S(N)(=O)=O)cc1. The van der Waals surface area contributed by atoms with E-state index in [1.807, 2.05) is 17.7 Å². The maximum atomic E-state index is 11.3. The number of hydrogen-bond donors (Lipinski definition) is 2. The molecule has 0 aliphatic heterocycles. The number of imidazole rings is 2. The lowest BCUT2D eigenvalue weighted by molar-refractivity contribution is 0.597. The summed E-state index contributed by atoms with van der Waals surface area (Å²) in [4.78, 5) is 11.8. The molecule has 3 N–H and O–H groups in total. The van der Waals surface area contributed by atoms with Crippen LogP contribution in [0.3, 0.4) is 0 Å². The van der Waals surface area contributed by atoms with Gasteiger partial charge < -0.3 is 9.55 Å². The van der Waals surface area contributed by atoms with Gasteiger partial charge in [0.1, 0.15) is 5.69 Å². The molecule has 1 aromatic carbocycles. The third kappa shape index (κ3) is 3.33. The Morgan fingerprint density at radius 1 is 1.22 bits per heavy atom. The lowest BCUT2D eigenvalue weighted by atomic mass is 10.1. The molecule has 7 nitrogen and oxygen atoms in total. The van der Waals surface area contributed by atoms with Crippen LogP contribution in [0, 0.1) is 6.92 Å². The summed E-state index contributed by atoms with van der Waals surface area (Å²) in [5.74, 6) is 0.810. The molecule has 0 saturated heterocycles. The molecule has 0 spiro atoms. The van der Waals surface area contributed by atoms with Crippen molar-refractivity contribution in [2.45, 2.75) is 24.8 Å². The highest BCUT2D eigenvalue weighted by Gasteiger charge is 2.11. The van der Waals surface area contributed by atoms with E-state index in [9.17, 15) is 8.42 Å². The average molecular weight is 331 g/mol. The summed E-state index contributed by atoms with van der Waals surface area (Å²) in [5, 5.41) is 5.10. The quantitative estimate of drug-likeness (QED) is 0.738. The van der Waals surface area contributed by atoms with Crippen LogP contribution in [-0.2, 0) is 23.0 Å². The van der Waals surface area contributed by atoms with E-state index in [0.717, 1.165) is 35.7 Å². The minimum absolute atomic E-state index is 0.122. The number of hydrogen-bond acceptors (Lipinski definition) is 4. The highest BCUT2D eigenvalue weighted by atomic mass is 32.2. The van der Waals surface area contributed by atoms with Gasteiger partial charge in [-0.2, -0.15) is 0 Å². The number of nitrogens with two attached hydrogens (primary N) is 1. The molecule has 0 atom stereocenters. The fraction of sp³-hybridized carbons (Fsp3) is 0.200. The molecule has 0 bridgehead atoms. The molecule has 0 aliphatic rings. The number of H-pyrrole nitrogens is 1. The van der Waals surface area contributed by atoms with Crippen molar-refractivity contribution in [1.29, 1.82) is 0 Å². The molecule has 0 unspecified atom stereocenters. The van der Waals surface area contributed by atoms with Gasteiger partial charge in [0.2, 0.25) is 10.0 Å². The smallest absolute Gasteiger partial charge is 0.238 e. The Morgan fingerprint density at radius 3 is 2.57 bits per heavy atom. The molecule has 3 aromatic rings. The van der Waals surface area contributed by atoms with Gasteiger partial charge in [-0.25, -0.2) is 23.5 Å². The van der Waals surface area contributed by atoms with E-state index in [1.165, 1.54) is 12.1 Å². The number of nitrogens with one attached hydrogen (secondary N) is 1. The summed E-state index contributed by atoms with van der Waals surface area (Å²) in [5.41, 5.74) is 2.82. The van der Waals surface area contributed by atoms with Crippen LogP contribution in [0.1, 0.15) is 11.3 Å². The van der Waals surface area contributed by atoms with Crippen LogP contribution in [0.2, 0.25) is 0 Å². The Labute approximate surface area is 134 Å². The molecule has 0 radical (unpaired) electrons. The predicted octanol–water partition coefficient (Wildman–Crippen LogP) is 1.47. The summed E-state index contributed by atoms with van der Waals surface area (Å²) in [6, 6.07) is 6.60. The van der Waals surface area contributed by atoms with Crippen LogP contribution in [0.5, 0.6) is 0 Å². The monoisotopic (exact) mass is 331 g/mol. The van der Waals surface area contributed by atoms with Gasteiger partial charge in [0.15, 0.2) is 5.82 Å². The number of aromatic amines is 1.